The first-order chi connectivity index (χ1) is 33.5. The van der Waals surface area contributed by atoms with Crippen molar-refractivity contribution in [2.75, 3.05) is 40.9 Å². The summed E-state index contributed by atoms with van der Waals surface area (Å²) in [5.41, 5.74) is 0. The third-order valence-corrected chi connectivity index (χ3v) is 14.2. The molecule has 0 saturated heterocycles. The molecule has 8 nitrogen and oxygen atoms in total. The van der Waals surface area contributed by atoms with Crippen molar-refractivity contribution in [2.24, 2.45) is 0 Å². The topological polar surface area (TPSA) is 108 Å². The molecule has 3 unspecified atom stereocenters. The number of nitrogens with zero attached hydrogens (tertiary/aromatic N) is 1. The maximum Gasteiger partial charge on any atom is 0.268 e. The Bertz CT molecular complexity index is 1260. The van der Waals surface area contributed by atoms with Crippen molar-refractivity contribution in [1.29, 1.82) is 0 Å². The number of phosphoric ester groups is 1. The number of quaternary nitrogens is 1. The lowest BCUT2D eigenvalue weighted by Gasteiger charge is -2.29. The van der Waals surface area contributed by atoms with Gasteiger partial charge in [0.25, 0.3) is 7.82 Å². The lowest BCUT2D eigenvalue weighted by molar-refractivity contribution is -0.870. The van der Waals surface area contributed by atoms with Gasteiger partial charge < -0.3 is 28.8 Å². The first-order valence-corrected chi connectivity index (χ1v) is 31.0. The second-order valence-corrected chi connectivity index (χ2v) is 22.7. The van der Waals surface area contributed by atoms with Crippen molar-refractivity contribution in [1.82, 2.24) is 5.32 Å². The molecule has 0 heterocycles. The number of phosphoric acid groups is 1. The van der Waals surface area contributed by atoms with Gasteiger partial charge in [-0.2, -0.15) is 0 Å². The minimum atomic E-state index is -4.61. The summed E-state index contributed by atoms with van der Waals surface area (Å²) in [4.78, 5) is 25.5. The predicted octanol–water partition coefficient (Wildman–Crippen LogP) is 17.3. The Kier molecular flexibility index (Phi) is 50.2. The van der Waals surface area contributed by atoms with Gasteiger partial charge in [-0.05, 0) is 70.6 Å². The molecule has 2 N–H and O–H groups in total. The number of amides is 1. The van der Waals surface area contributed by atoms with Crippen LogP contribution in [0, 0.1) is 0 Å². The van der Waals surface area contributed by atoms with Crippen LogP contribution in [-0.4, -0.2) is 68.5 Å². The molecule has 406 valence electrons. The van der Waals surface area contributed by atoms with E-state index in [-0.39, 0.29) is 12.5 Å². The molecule has 3 atom stereocenters. The minimum absolute atomic E-state index is 0.00994. The van der Waals surface area contributed by atoms with Crippen LogP contribution in [0.2, 0.25) is 0 Å². The molecule has 0 aromatic carbocycles. The molecule has 0 radical (unpaired) electrons. The van der Waals surface area contributed by atoms with E-state index in [1.54, 1.807) is 6.08 Å². The van der Waals surface area contributed by atoms with Gasteiger partial charge in [0.15, 0.2) is 0 Å². The van der Waals surface area contributed by atoms with Crippen LogP contribution < -0.4 is 10.2 Å². The summed E-state index contributed by atoms with van der Waals surface area (Å²) < 4.78 is 23.3. The Hall–Kier alpha value is -1.54. The summed E-state index contributed by atoms with van der Waals surface area (Å²) in [6, 6.07) is -0.913. The molecule has 0 aliphatic heterocycles. The number of unbranched alkanes of at least 4 members (excludes halogenated alkanes) is 35. The molecule has 0 rings (SSSR count). The molecule has 0 saturated carbocycles. The van der Waals surface area contributed by atoms with E-state index in [0.717, 1.165) is 44.9 Å². The fourth-order valence-corrected chi connectivity index (χ4v) is 9.32. The van der Waals surface area contributed by atoms with E-state index in [4.69, 9.17) is 9.05 Å². The van der Waals surface area contributed by atoms with Gasteiger partial charge in [0.05, 0.1) is 39.9 Å². The Morgan fingerprint density at radius 2 is 0.812 bits per heavy atom. The van der Waals surface area contributed by atoms with Crippen LogP contribution in [-0.2, 0) is 18.4 Å². The zero-order valence-corrected chi connectivity index (χ0v) is 47.2. The first kappa shape index (κ1) is 67.5. The second kappa shape index (κ2) is 51.4. The summed E-state index contributed by atoms with van der Waals surface area (Å²) in [5.74, 6) is -0.212. The zero-order chi connectivity index (χ0) is 50.6. The molecule has 1 amide bonds. The Balaban J connectivity index is 4.28. The number of rotatable bonds is 54. The molecular weight excluding hydrogens is 876 g/mol. The fourth-order valence-electron chi connectivity index (χ4n) is 8.59. The first-order valence-electron chi connectivity index (χ1n) is 29.5. The number of allylic oxidation sites excluding steroid dienone is 7. The van der Waals surface area contributed by atoms with Gasteiger partial charge in [0.2, 0.25) is 5.91 Å². The predicted molar refractivity (Wildman–Crippen MR) is 298 cm³/mol. The van der Waals surface area contributed by atoms with Crippen LogP contribution in [0.1, 0.15) is 277 Å². The van der Waals surface area contributed by atoms with Crippen LogP contribution >= 0.6 is 7.82 Å². The van der Waals surface area contributed by atoms with Crippen molar-refractivity contribution >= 4 is 13.7 Å². The highest BCUT2D eigenvalue weighted by molar-refractivity contribution is 7.45. The molecule has 9 heteroatoms. The van der Waals surface area contributed by atoms with Crippen LogP contribution in [0.25, 0.3) is 0 Å². The minimum Gasteiger partial charge on any atom is -0.756 e. The molecule has 0 aliphatic rings. The van der Waals surface area contributed by atoms with Crippen LogP contribution in [0.15, 0.2) is 48.6 Å². The number of carbonyl (C=O) groups is 1. The second-order valence-electron chi connectivity index (χ2n) is 21.3. The van der Waals surface area contributed by atoms with Crippen LogP contribution in [0.3, 0.4) is 0 Å². The highest BCUT2D eigenvalue weighted by atomic mass is 31.2. The number of carbonyl (C=O) groups excluding carboxylic acids is 1. The summed E-state index contributed by atoms with van der Waals surface area (Å²) in [5, 5.41) is 13.9. The van der Waals surface area contributed by atoms with Gasteiger partial charge in [0.1, 0.15) is 13.2 Å². The normalized spacial score (nSPS) is 14.2. The number of hydrogen-bond donors (Lipinski definition) is 2. The molecule has 69 heavy (non-hydrogen) atoms. The summed E-state index contributed by atoms with van der Waals surface area (Å²) in [6.07, 6.45) is 67.7. The Labute approximate surface area is 429 Å². The van der Waals surface area contributed by atoms with Gasteiger partial charge in [-0.3, -0.25) is 9.36 Å². The third kappa shape index (κ3) is 54.1. The van der Waals surface area contributed by atoms with E-state index in [2.05, 4.69) is 55.6 Å². The standard InChI is InChI=1S/C60H115N2O6P/c1-6-8-10-12-14-16-18-20-22-24-26-28-30-32-34-36-38-40-42-44-46-48-50-52-54-60(64)61-58(57-68-69(65,66)67-56-55-62(3,4)5)59(63)53-51-49-47-45-43-41-39-37-35-33-31-29-27-25-23-21-19-17-15-13-11-9-7-2/h32,34-35,37,43,45,51,53,58-59,63H,6-31,33,36,38-42,44,46-50,52,54-57H2,1-5H3,(H-,61,64,65,66)/b34-32-,37-35+,45-43+,53-51+. The fraction of sp³-hybridized carbons (Fsp3) is 0.850. The van der Waals surface area contributed by atoms with E-state index in [1.807, 2.05) is 27.2 Å². The summed E-state index contributed by atoms with van der Waals surface area (Å²) in [6.45, 7) is 4.65. The number of aliphatic hydroxyl groups excluding tert-OH is 1. The molecule has 0 spiro atoms. The Morgan fingerprint density at radius 3 is 1.17 bits per heavy atom. The summed E-state index contributed by atoms with van der Waals surface area (Å²) in [7, 11) is 1.24. The number of hydrogen-bond acceptors (Lipinski definition) is 6. The van der Waals surface area contributed by atoms with E-state index >= 15 is 0 Å². The van der Waals surface area contributed by atoms with Gasteiger partial charge in [-0.15, -0.1) is 0 Å². The van der Waals surface area contributed by atoms with Crippen molar-refractivity contribution in [3.63, 3.8) is 0 Å². The van der Waals surface area contributed by atoms with Crippen molar-refractivity contribution in [2.45, 2.75) is 289 Å². The van der Waals surface area contributed by atoms with Crippen molar-refractivity contribution in [3.05, 3.63) is 48.6 Å². The molecule has 0 aromatic rings. The maximum absolute atomic E-state index is 13.0. The zero-order valence-electron chi connectivity index (χ0n) is 46.3. The lowest BCUT2D eigenvalue weighted by Crippen LogP contribution is -2.45. The average molecular weight is 992 g/mol. The molecule has 0 bridgehead atoms. The quantitative estimate of drug-likeness (QED) is 0.0272. The molecule has 0 aliphatic carbocycles. The monoisotopic (exact) mass is 991 g/mol. The number of likely N-dealkylation sites (N-methyl/N-ethyl adjacent to an activating group) is 1. The van der Waals surface area contributed by atoms with Crippen molar-refractivity contribution in [3.8, 4) is 0 Å². The highest BCUT2D eigenvalue weighted by Crippen LogP contribution is 2.38. The van der Waals surface area contributed by atoms with Gasteiger partial charge in [-0.1, -0.05) is 249 Å². The number of nitrogens with one attached hydrogen (secondary N) is 1. The largest absolute Gasteiger partial charge is 0.756 e. The van der Waals surface area contributed by atoms with Gasteiger partial charge >= 0.3 is 0 Å². The molecular formula is C60H115N2O6P. The average Bonchev–Trinajstić information content (AvgIpc) is 3.31. The van der Waals surface area contributed by atoms with Crippen LogP contribution in [0.5, 0.6) is 0 Å². The SMILES string of the molecule is CCCCCCCCCCCCCC/C=C\CCCCCCCCCCC(=O)NC(COP(=O)([O-])OCC[N+](C)(C)C)C(O)/C=C/CC/C=C/CC/C=C/CCCCCCCCCCCCCCC. The smallest absolute Gasteiger partial charge is 0.268 e. The third-order valence-electron chi connectivity index (χ3n) is 13.2. The lowest BCUT2D eigenvalue weighted by atomic mass is 10.0. The van der Waals surface area contributed by atoms with Crippen molar-refractivity contribution < 1.29 is 32.9 Å². The molecule has 0 fully saturated rings. The van der Waals surface area contributed by atoms with Gasteiger partial charge in [0, 0.05) is 6.42 Å². The summed E-state index contributed by atoms with van der Waals surface area (Å²) >= 11 is 0. The maximum atomic E-state index is 13.0. The highest BCUT2D eigenvalue weighted by Gasteiger charge is 2.23. The van der Waals surface area contributed by atoms with E-state index in [1.165, 1.54) is 212 Å². The van der Waals surface area contributed by atoms with E-state index < -0.39 is 26.6 Å². The van der Waals surface area contributed by atoms with Gasteiger partial charge in [-0.25, -0.2) is 0 Å². The Morgan fingerprint density at radius 1 is 0.493 bits per heavy atom. The number of aliphatic hydroxyl groups is 1. The van der Waals surface area contributed by atoms with Crippen LogP contribution in [0.4, 0.5) is 0 Å². The van der Waals surface area contributed by atoms with E-state index in [9.17, 15) is 19.4 Å². The molecule has 0 aromatic heterocycles. The van der Waals surface area contributed by atoms with E-state index in [0.29, 0.717) is 17.4 Å².